The molecule has 0 aliphatic carbocycles. The third kappa shape index (κ3) is 3.91. The summed E-state index contributed by atoms with van der Waals surface area (Å²) in [5.74, 6) is 0.726. The van der Waals surface area contributed by atoms with Gasteiger partial charge in [-0.05, 0) is 53.9 Å². The minimum atomic E-state index is -4.08. The van der Waals surface area contributed by atoms with Gasteiger partial charge in [0.15, 0.2) is 11.5 Å². The first-order valence-corrected chi connectivity index (χ1v) is 12.7. The minimum Gasteiger partial charge on any atom is -0.486 e. The molecule has 2 aliphatic rings. The van der Waals surface area contributed by atoms with Gasteiger partial charge in [0, 0.05) is 24.7 Å². The zero-order valence-corrected chi connectivity index (χ0v) is 19.4. The Bertz CT molecular complexity index is 1520. The van der Waals surface area contributed by atoms with Gasteiger partial charge in [0.2, 0.25) is 26.6 Å². The van der Waals surface area contributed by atoms with E-state index in [1.807, 2.05) is 23.1 Å². The molecule has 1 aromatic heterocycles. The number of rotatable bonds is 4. The van der Waals surface area contributed by atoms with Crippen LogP contribution in [0.25, 0.3) is 11.5 Å². The van der Waals surface area contributed by atoms with E-state index in [1.54, 1.807) is 6.07 Å². The molecule has 0 saturated carbocycles. The van der Waals surface area contributed by atoms with Crippen LogP contribution in [0, 0.1) is 5.82 Å². The SMILES string of the molecule is O=S(=O)(c1ccc2c(c1)OCCO2)c1nc(-c2ccc(F)cc2)oc1N1CCc2ccccc2C1. The Balaban J connectivity index is 1.46. The Morgan fingerprint density at radius 2 is 1.63 bits per heavy atom. The summed E-state index contributed by atoms with van der Waals surface area (Å²) in [6.45, 7) is 1.80. The van der Waals surface area contributed by atoms with Gasteiger partial charge in [-0.3, -0.25) is 0 Å². The average Bonchev–Trinajstić information content (AvgIpc) is 3.35. The summed E-state index contributed by atoms with van der Waals surface area (Å²) in [7, 11) is -4.08. The number of hydrogen-bond acceptors (Lipinski definition) is 7. The number of ether oxygens (including phenoxy) is 2. The fraction of sp³-hybridized carbons (Fsp3) is 0.192. The number of oxazole rings is 1. The number of hydrogen-bond donors (Lipinski definition) is 0. The van der Waals surface area contributed by atoms with Crippen molar-refractivity contribution >= 4 is 15.7 Å². The molecule has 6 rings (SSSR count). The summed E-state index contributed by atoms with van der Waals surface area (Å²) in [6, 6.07) is 18.1. The lowest BCUT2D eigenvalue weighted by molar-refractivity contribution is 0.171. The minimum absolute atomic E-state index is 0.0272. The maximum atomic E-state index is 13.8. The molecular weight excluding hydrogens is 471 g/mol. The molecule has 0 amide bonds. The molecule has 178 valence electrons. The van der Waals surface area contributed by atoms with Gasteiger partial charge in [-0.15, -0.1) is 0 Å². The molecule has 3 heterocycles. The van der Waals surface area contributed by atoms with Crippen molar-refractivity contribution in [3.05, 3.63) is 83.7 Å². The summed E-state index contributed by atoms with van der Waals surface area (Å²) in [4.78, 5) is 6.32. The Labute approximate surface area is 201 Å². The number of benzene rings is 3. The average molecular weight is 493 g/mol. The van der Waals surface area contributed by atoms with E-state index in [0.29, 0.717) is 43.4 Å². The predicted octanol–water partition coefficient (Wildman–Crippen LogP) is 4.65. The van der Waals surface area contributed by atoms with E-state index in [9.17, 15) is 12.8 Å². The molecule has 9 heteroatoms. The predicted molar refractivity (Wildman–Crippen MR) is 126 cm³/mol. The third-order valence-corrected chi connectivity index (χ3v) is 7.82. The van der Waals surface area contributed by atoms with E-state index in [1.165, 1.54) is 42.0 Å². The second-order valence-electron chi connectivity index (χ2n) is 8.39. The maximum absolute atomic E-state index is 13.8. The number of nitrogens with zero attached hydrogens (tertiary/aromatic N) is 2. The van der Waals surface area contributed by atoms with Crippen LogP contribution in [-0.2, 0) is 22.8 Å². The standard InChI is InChI=1S/C26H21FN2O5S/c27-20-7-5-18(6-8-20)24-28-25(26(34-24)29-12-11-17-3-1-2-4-19(17)16-29)35(30,31)21-9-10-22-23(15-21)33-14-13-32-22/h1-10,15H,11-14,16H2. The van der Waals surface area contributed by atoms with Crippen molar-refractivity contribution in [2.75, 3.05) is 24.7 Å². The molecule has 7 nitrogen and oxygen atoms in total. The van der Waals surface area contributed by atoms with Gasteiger partial charge in [-0.25, -0.2) is 12.8 Å². The van der Waals surface area contributed by atoms with Crippen LogP contribution in [0.1, 0.15) is 11.1 Å². The Morgan fingerprint density at radius 3 is 2.43 bits per heavy atom. The Hall–Kier alpha value is -3.85. The topological polar surface area (TPSA) is 81.9 Å². The van der Waals surface area contributed by atoms with E-state index in [0.717, 1.165) is 12.0 Å². The summed E-state index contributed by atoms with van der Waals surface area (Å²) < 4.78 is 58.3. The summed E-state index contributed by atoms with van der Waals surface area (Å²) >= 11 is 0. The molecular formula is C26H21FN2O5S. The van der Waals surface area contributed by atoms with E-state index >= 15 is 0 Å². The molecule has 0 unspecified atom stereocenters. The van der Waals surface area contributed by atoms with E-state index < -0.39 is 15.7 Å². The molecule has 3 aromatic carbocycles. The highest BCUT2D eigenvalue weighted by Gasteiger charge is 2.33. The normalized spacial score (nSPS) is 15.1. The zero-order valence-electron chi connectivity index (χ0n) is 18.6. The highest BCUT2D eigenvalue weighted by atomic mass is 32.2. The lowest BCUT2D eigenvalue weighted by Crippen LogP contribution is -2.31. The van der Waals surface area contributed by atoms with Crippen LogP contribution in [0.4, 0.5) is 10.3 Å². The lowest BCUT2D eigenvalue weighted by atomic mass is 10.0. The maximum Gasteiger partial charge on any atom is 0.236 e. The number of halogens is 1. The van der Waals surface area contributed by atoms with Crippen LogP contribution in [-0.4, -0.2) is 33.2 Å². The fourth-order valence-corrected chi connectivity index (χ4v) is 5.70. The van der Waals surface area contributed by atoms with Crippen molar-refractivity contribution in [2.24, 2.45) is 0 Å². The Kier molecular flexibility index (Phi) is 5.21. The number of fused-ring (bicyclic) bond motifs is 2. The molecule has 0 radical (unpaired) electrons. The smallest absolute Gasteiger partial charge is 0.236 e. The number of aromatic nitrogens is 1. The van der Waals surface area contributed by atoms with Gasteiger partial charge in [-0.2, -0.15) is 4.98 Å². The summed E-state index contributed by atoms with van der Waals surface area (Å²) in [5, 5.41) is -0.187. The van der Waals surface area contributed by atoms with Gasteiger partial charge in [0.1, 0.15) is 19.0 Å². The van der Waals surface area contributed by atoms with Crippen molar-refractivity contribution in [3.63, 3.8) is 0 Å². The fourth-order valence-electron chi connectivity index (χ4n) is 4.36. The highest BCUT2D eigenvalue weighted by Crippen LogP contribution is 2.39. The third-order valence-electron chi connectivity index (χ3n) is 6.17. The molecule has 0 saturated heterocycles. The second-order valence-corrected chi connectivity index (χ2v) is 10.3. The van der Waals surface area contributed by atoms with Crippen molar-refractivity contribution in [2.45, 2.75) is 22.9 Å². The van der Waals surface area contributed by atoms with Gasteiger partial charge in [-0.1, -0.05) is 24.3 Å². The molecule has 35 heavy (non-hydrogen) atoms. The number of anilines is 1. The highest BCUT2D eigenvalue weighted by molar-refractivity contribution is 7.91. The second kappa shape index (κ2) is 8.42. The Morgan fingerprint density at radius 1 is 0.886 bits per heavy atom. The van der Waals surface area contributed by atoms with Gasteiger partial charge < -0.3 is 18.8 Å². The molecule has 0 bridgehead atoms. The molecule has 0 fully saturated rings. The van der Waals surface area contributed by atoms with Crippen LogP contribution < -0.4 is 14.4 Å². The summed E-state index contributed by atoms with van der Waals surface area (Å²) in [6.07, 6.45) is 0.742. The van der Waals surface area contributed by atoms with Crippen molar-refractivity contribution in [1.29, 1.82) is 0 Å². The summed E-state index contributed by atoms with van der Waals surface area (Å²) in [5.41, 5.74) is 2.80. The first kappa shape index (κ1) is 21.7. The molecule has 0 N–H and O–H groups in total. The quantitative estimate of drug-likeness (QED) is 0.410. The largest absolute Gasteiger partial charge is 0.486 e. The first-order chi connectivity index (χ1) is 17.0. The molecule has 4 aromatic rings. The number of sulfone groups is 1. The monoisotopic (exact) mass is 492 g/mol. The van der Waals surface area contributed by atoms with Crippen molar-refractivity contribution < 1.29 is 26.7 Å². The van der Waals surface area contributed by atoms with E-state index in [2.05, 4.69) is 11.1 Å². The van der Waals surface area contributed by atoms with Gasteiger partial charge >= 0.3 is 0 Å². The van der Waals surface area contributed by atoms with Crippen LogP contribution in [0.5, 0.6) is 11.5 Å². The van der Waals surface area contributed by atoms with Crippen molar-refractivity contribution in [3.8, 4) is 23.0 Å². The first-order valence-electron chi connectivity index (χ1n) is 11.2. The van der Waals surface area contributed by atoms with Crippen LogP contribution in [0.15, 0.2) is 81.1 Å². The molecule has 0 atom stereocenters. The van der Waals surface area contributed by atoms with Crippen LogP contribution >= 0.6 is 0 Å². The zero-order chi connectivity index (χ0) is 24.0. The molecule has 0 spiro atoms. The van der Waals surface area contributed by atoms with Crippen LogP contribution in [0.3, 0.4) is 0 Å². The lowest BCUT2D eigenvalue weighted by Gasteiger charge is -2.28. The van der Waals surface area contributed by atoms with Gasteiger partial charge in [0.25, 0.3) is 0 Å². The molecule has 2 aliphatic heterocycles. The van der Waals surface area contributed by atoms with E-state index in [-0.39, 0.29) is 21.7 Å². The van der Waals surface area contributed by atoms with Crippen molar-refractivity contribution in [1.82, 2.24) is 4.98 Å². The van der Waals surface area contributed by atoms with Gasteiger partial charge in [0.05, 0.1) is 4.90 Å². The van der Waals surface area contributed by atoms with Crippen LogP contribution in [0.2, 0.25) is 0 Å². The van der Waals surface area contributed by atoms with E-state index in [4.69, 9.17) is 13.9 Å².